The monoisotopic (exact) mass is 393 g/mol. The molecule has 4 rings (SSSR count). The number of thioether (sulfide) groups is 1. The fourth-order valence-corrected chi connectivity index (χ4v) is 4.20. The molecule has 0 fully saturated rings. The van der Waals surface area contributed by atoms with Crippen LogP contribution in [0.1, 0.15) is 18.1 Å². The van der Waals surface area contributed by atoms with Crippen LogP contribution < -0.4 is 5.56 Å². The Bertz CT molecular complexity index is 1210. The van der Waals surface area contributed by atoms with Gasteiger partial charge in [-0.2, -0.15) is 0 Å². The van der Waals surface area contributed by atoms with Crippen LogP contribution in [0.15, 0.2) is 52.4 Å². The molecule has 4 aromatic rings. The Labute approximate surface area is 167 Å². The summed E-state index contributed by atoms with van der Waals surface area (Å²) in [4.78, 5) is 21.7. The van der Waals surface area contributed by atoms with Crippen LogP contribution in [0.5, 0.6) is 0 Å². The number of fused-ring (bicyclic) bond motifs is 3. The molecule has 28 heavy (non-hydrogen) atoms. The van der Waals surface area contributed by atoms with Gasteiger partial charge >= 0.3 is 0 Å². The van der Waals surface area contributed by atoms with E-state index in [1.54, 1.807) is 16.3 Å². The van der Waals surface area contributed by atoms with Gasteiger partial charge in [0.2, 0.25) is 0 Å². The van der Waals surface area contributed by atoms with E-state index in [0.717, 1.165) is 39.0 Å². The van der Waals surface area contributed by atoms with Gasteiger partial charge in [0.25, 0.3) is 5.56 Å². The van der Waals surface area contributed by atoms with E-state index < -0.39 is 0 Å². The molecular formula is C22H23N3O2S. The number of aromatic amines is 1. The molecule has 2 aromatic heterocycles. The quantitative estimate of drug-likeness (QED) is 0.295. The van der Waals surface area contributed by atoms with Crippen LogP contribution in [0.4, 0.5) is 0 Å². The zero-order valence-corrected chi connectivity index (χ0v) is 17.1. The van der Waals surface area contributed by atoms with E-state index in [-0.39, 0.29) is 5.56 Å². The molecule has 0 saturated heterocycles. The van der Waals surface area contributed by atoms with Crippen molar-refractivity contribution in [3.63, 3.8) is 0 Å². The van der Waals surface area contributed by atoms with Crippen LogP contribution in [-0.2, 0) is 4.74 Å². The molecule has 0 aliphatic heterocycles. The lowest BCUT2D eigenvalue weighted by Gasteiger charge is -2.15. The van der Waals surface area contributed by atoms with Gasteiger partial charge in [-0.3, -0.25) is 9.36 Å². The third kappa shape index (κ3) is 3.34. The number of aryl methyl sites for hydroxylation is 2. The summed E-state index contributed by atoms with van der Waals surface area (Å²) in [5.41, 5.74) is 5.13. The molecule has 0 spiro atoms. The average Bonchev–Trinajstić information content (AvgIpc) is 3.07. The number of nitrogens with one attached hydrogen (secondary N) is 1. The third-order valence-electron chi connectivity index (χ3n) is 4.76. The standard InChI is InChI=1S/C22H23N3O2S/c1-4-27-11-12-28-22-24-19-16-7-5-6-8-17(16)23-20(19)21(26)25(22)18-13-14(2)9-10-15(18)3/h5-10,13,23H,4,11-12H2,1-3H3. The lowest BCUT2D eigenvalue weighted by atomic mass is 10.1. The van der Waals surface area contributed by atoms with Crippen LogP contribution in [0, 0.1) is 13.8 Å². The predicted octanol–water partition coefficient (Wildman–Crippen LogP) is 4.61. The van der Waals surface area contributed by atoms with Gasteiger partial charge in [-0.25, -0.2) is 4.98 Å². The highest BCUT2D eigenvalue weighted by Crippen LogP contribution is 2.27. The van der Waals surface area contributed by atoms with Crippen molar-refractivity contribution in [3.05, 3.63) is 63.9 Å². The van der Waals surface area contributed by atoms with Crippen LogP contribution in [0.2, 0.25) is 0 Å². The maximum atomic E-state index is 13.5. The second-order valence-electron chi connectivity index (χ2n) is 6.76. The largest absolute Gasteiger partial charge is 0.381 e. The van der Waals surface area contributed by atoms with Gasteiger partial charge in [-0.15, -0.1) is 0 Å². The van der Waals surface area contributed by atoms with Crippen molar-refractivity contribution in [2.75, 3.05) is 19.0 Å². The summed E-state index contributed by atoms with van der Waals surface area (Å²) in [6.45, 7) is 7.33. The molecule has 0 aliphatic rings. The number of ether oxygens (including phenoxy) is 1. The first kappa shape index (κ1) is 18.8. The van der Waals surface area contributed by atoms with Gasteiger partial charge in [-0.05, 0) is 44.0 Å². The van der Waals surface area contributed by atoms with E-state index in [9.17, 15) is 4.79 Å². The Hall–Kier alpha value is -2.57. The first-order valence-electron chi connectivity index (χ1n) is 9.41. The first-order chi connectivity index (χ1) is 13.6. The summed E-state index contributed by atoms with van der Waals surface area (Å²) in [5, 5.41) is 1.66. The summed E-state index contributed by atoms with van der Waals surface area (Å²) in [7, 11) is 0. The number of benzene rings is 2. The molecule has 144 valence electrons. The van der Waals surface area contributed by atoms with Gasteiger partial charge in [-0.1, -0.05) is 42.1 Å². The highest BCUT2D eigenvalue weighted by molar-refractivity contribution is 7.99. The smallest absolute Gasteiger partial charge is 0.283 e. The van der Waals surface area contributed by atoms with E-state index in [1.165, 1.54) is 0 Å². The van der Waals surface area contributed by atoms with Crippen LogP contribution in [-0.4, -0.2) is 33.5 Å². The highest BCUT2D eigenvalue weighted by Gasteiger charge is 2.18. The number of H-pyrrole nitrogens is 1. The van der Waals surface area contributed by atoms with E-state index in [4.69, 9.17) is 9.72 Å². The summed E-state index contributed by atoms with van der Waals surface area (Å²) >= 11 is 1.55. The van der Waals surface area contributed by atoms with Gasteiger partial charge in [0.05, 0.1) is 12.3 Å². The normalized spacial score (nSPS) is 11.5. The summed E-state index contributed by atoms with van der Waals surface area (Å²) < 4.78 is 7.21. The topological polar surface area (TPSA) is 59.9 Å². The Kier molecular flexibility index (Phi) is 5.24. The van der Waals surface area contributed by atoms with Crippen LogP contribution in [0.25, 0.3) is 27.6 Å². The minimum absolute atomic E-state index is 0.0752. The van der Waals surface area contributed by atoms with E-state index in [2.05, 4.69) is 11.1 Å². The molecular weight excluding hydrogens is 370 g/mol. The van der Waals surface area contributed by atoms with Crippen LogP contribution >= 0.6 is 11.8 Å². The Morgan fingerprint density at radius 3 is 2.82 bits per heavy atom. The summed E-state index contributed by atoms with van der Waals surface area (Å²) in [5.74, 6) is 0.735. The molecule has 0 unspecified atom stereocenters. The molecule has 0 saturated carbocycles. The number of hydrogen-bond donors (Lipinski definition) is 1. The van der Waals surface area contributed by atoms with Crippen molar-refractivity contribution in [2.24, 2.45) is 0 Å². The number of rotatable bonds is 6. The third-order valence-corrected chi connectivity index (χ3v) is 5.67. The molecule has 2 aromatic carbocycles. The second-order valence-corrected chi connectivity index (χ2v) is 7.83. The molecule has 5 nitrogen and oxygen atoms in total. The van der Waals surface area contributed by atoms with Crippen molar-refractivity contribution in [3.8, 4) is 5.69 Å². The number of aromatic nitrogens is 3. The Balaban J connectivity index is 1.97. The van der Waals surface area contributed by atoms with Gasteiger partial charge in [0, 0.05) is 23.3 Å². The first-order valence-corrected chi connectivity index (χ1v) is 10.4. The Morgan fingerprint density at radius 1 is 1.18 bits per heavy atom. The SMILES string of the molecule is CCOCCSc1nc2c([nH]c3ccccc32)c(=O)n1-c1cc(C)ccc1C. The molecule has 0 atom stereocenters. The minimum atomic E-state index is -0.0752. The molecule has 0 aliphatic carbocycles. The zero-order chi connectivity index (χ0) is 19.7. The highest BCUT2D eigenvalue weighted by atomic mass is 32.2. The van der Waals surface area contributed by atoms with Crippen molar-refractivity contribution in [1.29, 1.82) is 0 Å². The fraction of sp³-hybridized carbons (Fsp3) is 0.273. The maximum absolute atomic E-state index is 13.5. The number of para-hydroxylation sites is 1. The average molecular weight is 394 g/mol. The summed E-state index contributed by atoms with van der Waals surface area (Å²) in [6.07, 6.45) is 0. The van der Waals surface area contributed by atoms with E-state index in [0.29, 0.717) is 23.9 Å². The maximum Gasteiger partial charge on any atom is 0.283 e. The molecule has 0 amide bonds. The van der Waals surface area contributed by atoms with E-state index >= 15 is 0 Å². The predicted molar refractivity (Wildman–Crippen MR) is 116 cm³/mol. The number of hydrogen-bond acceptors (Lipinski definition) is 4. The van der Waals surface area contributed by atoms with Crippen LogP contribution in [0.3, 0.4) is 0 Å². The molecule has 1 N–H and O–H groups in total. The van der Waals surface area contributed by atoms with Crippen molar-refractivity contribution >= 4 is 33.7 Å². The Morgan fingerprint density at radius 2 is 2.00 bits per heavy atom. The van der Waals surface area contributed by atoms with Crippen molar-refractivity contribution in [2.45, 2.75) is 25.9 Å². The van der Waals surface area contributed by atoms with Gasteiger partial charge < -0.3 is 9.72 Å². The molecule has 0 bridgehead atoms. The summed E-state index contributed by atoms with van der Waals surface area (Å²) in [6, 6.07) is 14.0. The van der Waals surface area contributed by atoms with Gasteiger partial charge in [0.15, 0.2) is 5.16 Å². The molecule has 0 radical (unpaired) electrons. The fourth-order valence-electron chi connectivity index (χ4n) is 3.35. The van der Waals surface area contributed by atoms with Crippen molar-refractivity contribution in [1.82, 2.24) is 14.5 Å². The molecule has 6 heteroatoms. The number of nitrogens with zero attached hydrogens (tertiary/aromatic N) is 2. The van der Waals surface area contributed by atoms with Crippen molar-refractivity contribution < 1.29 is 4.74 Å². The molecule has 2 heterocycles. The lowest BCUT2D eigenvalue weighted by Crippen LogP contribution is -2.23. The van der Waals surface area contributed by atoms with E-state index in [1.807, 2.05) is 57.2 Å². The second kappa shape index (κ2) is 7.81. The lowest BCUT2D eigenvalue weighted by molar-refractivity contribution is 0.164. The van der Waals surface area contributed by atoms with Gasteiger partial charge in [0.1, 0.15) is 11.0 Å². The minimum Gasteiger partial charge on any atom is -0.381 e. The zero-order valence-electron chi connectivity index (χ0n) is 16.3.